The van der Waals surface area contributed by atoms with Crippen molar-refractivity contribution in [2.75, 3.05) is 18.2 Å². The zero-order chi connectivity index (χ0) is 17.8. The monoisotopic (exact) mass is 361 g/mol. The Labute approximate surface area is 149 Å². The molecule has 0 aromatic carbocycles. The molecule has 0 radical (unpaired) electrons. The van der Waals surface area contributed by atoms with Gasteiger partial charge in [0.1, 0.15) is 12.6 Å². The van der Waals surface area contributed by atoms with Gasteiger partial charge in [-0.1, -0.05) is 19.0 Å². The topological polar surface area (TPSA) is 101 Å². The molecule has 2 aromatic heterocycles. The summed E-state index contributed by atoms with van der Waals surface area (Å²) in [5, 5.41) is 6.87. The number of carbonyl (C=O) groups excluding carboxylic acids is 2. The summed E-state index contributed by atoms with van der Waals surface area (Å²) in [5.41, 5.74) is 0.790. The minimum absolute atomic E-state index is 0.0148. The molecule has 25 heavy (non-hydrogen) atoms. The van der Waals surface area contributed by atoms with Crippen molar-refractivity contribution in [3.8, 4) is 11.4 Å². The predicted octanol–water partition coefficient (Wildman–Crippen LogP) is 1.48. The summed E-state index contributed by atoms with van der Waals surface area (Å²) >= 11 is 1.51. The number of carbonyl (C=O) groups is 2. The lowest BCUT2D eigenvalue weighted by Gasteiger charge is -2.20. The number of pyridine rings is 1. The standard InChI is InChI=1S/C16H19N5O3S/c1-10(2)14(18-12(22)7-21-9-25-8-13(21)23)16-19-15(20-24-16)11-3-5-17-6-4-11/h3-6,10,14H,7-9H2,1-2H3,(H,18,22). The fraction of sp³-hybridized carbons (Fsp3) is 0.438. The van der Waals surface area contributed by atoms with Gasteiger partial charge in [-0.05, 0) is 18.1 Å². The van der Waals surface area contributed by atoms with Gasteiger partial charge in [0.15, 0.2) is 0 Å². The van der Waals surface area contributed by atoms with E-state index in [1.165, 1.54) is 16.7 Å². The van der Waals surface area contributed by atoms with Gasteiger partial charge in [0.25, 0.3) is 0 Å². The van der Waals surface area contributed by atoms with Crippen LogP contribution >= 0.6 is 11.8 Å². The number of nitrogens with zero attached hydrogens (tertiary/aromatic N) is 4. The van der Waals surface area contributed by atoms with Crippen LogP contribution in [0, 0.1) is 5.92 Å². The maximum atomic E-state index is 12.3. The minimum atomic E-state index is -0.416. The molecule has 132 valence electrons. The smallest absolute Gasteiger partial charge is 0.249 e. The lowest BCUT2D eigenvalue weighted by molar-refractivity contribution is -0.132. The number of rotatable bonds is 6. The summed E-state index contributed by atoms with van der Waals surface area (Å²) in [4.78, 5) is 33.8. The van der Waals surface area contributed by atoms with Crippen LogP contribution in [0.3, 0.4) is 0 Å². The molecule has 0 bridgehead atoms. The Hall–Kier alpha value is -2.42. The van der Waals surface area contributed by atoms with Crippen molar-refractivity contribution >= 4 is 23.6 Å². The highest BCUT2D eigenvalue weighted by molar-refractivity contribution is 8.00. The molecule has 9 heteroatoms. The van der Waals surface area contributed by atoms with E-state index < -0.39 is 6.04 Å². The summed E-state index contributed by atoms with van der Waals surface area (Å²) in [6.07, 6.45) is 3.30. The SMILES string of the molecule is CC(C)C(NC(=O)CN1CSCC1=O)c1nc(-c2ccncc2)no1. The molecule has 1 fully saturated rings. The molecule has 1 unspecified atom stereocenters. The molecule has 0 saturated carbocycles. The Morgan fingerprint density at radius 3 is 2.80 bits per heavy atom. The van der Waals surface area contributed by atoms with Gasteiger partial charge in [-0.2, -0.15) is 4.98 Å². The number of thioether (sulfide) groups is 1. The van der Waals surface area contributed by atoms with Crippen LogP contribution in [0.5, 0.6) is 0 Å². The first-order chi connectivity index (χ1) is 12.0. The third-order valence-corrected chi connectivity index (χ3v) is 4.73. The molecule has 2 amide bonds. The van der Waals surface area contributed by atoms with Crippen LogP contribution in [0.1, 0.15) is 25.8 Å². The van der Waals surface area contributed by atoms with E-state index >= 15 is 0 Å². The van der Waals surface area contributed by atoms with Gasteiger partial charge in [0.2, 0.25) is 23.5 Å². The molecule has 1 N–H and O–H groups in total. The summed E-state index contributed by atoms with van der Waals surface area (Å²) in [7, 11) is 0. The molecular formula is C16H19N5O3S. The number of amides is 2. The average molecular weight is 361 g/mol. The minimum Gasteiger partial charge on any atom is -0.342 e. The lowest BCUT2D eigenvalue weighted by atomic mass is 10.0. The summed E-state index contributed by atoms with van der Waals surface area (Å²) < 4.78 is 5.35. The second-order valence-corrected chi connectivity index (χ2v) is 7.01. The number of aromatic nitrogens is 3. The molecule has 1 aliphatic rings. The zero-order valence-electron chi connectivity index (χ0n) is 14.0. The second kappa shape index (κ2) is 7.64. The first-order valence-electron chi connectivity index (χ1n) is 7.93. The van der Waals surface area contributed by atoms with Crippen molar-refractivity contribution in [2.24, 2.45) is 5.92 Å². The van der Waals surface area contributed by atoms with Crippen LogP contribution in [0.15, 0.2) is 29.0 Å². The van der Waals surface area contributed by atoms with E-state index in [9.17, 15) is 9.59 Å². The van der Waals surface area contributed by atoms with Crippen LogP contribution in [-0.4, -0.2) is 50.0 Å². The van der Waals surface area contributed by atoms with Crippen LogP contribution in [0.2, 0.25) is 0 Å². The number of hydrogen-bond acceptors (Lipinski definition) is 7. The highest BCUT2D eigenvalue weighted by Crippen LogP contribution is 2.23. The van der Waals surface area contributed by atoms with Gasteiger partial charge in [-0.25, -0.2) is 0 Å². The molecular weight excluding hydrogens is 342 g/mol. The van der Waals surface area contributed by atoms with E-state index in [-0.39, 0.29) is 24.3 Å². The highest BCUT2D eigenvalue weighted by atomic mass is 32.2. The molecule has 1 atom stereocenters. The van der Waals surface area contributed by atoms with Crippen LogP contribution < -0.4 is 5.32 Å². The van der Waals surface area contributed by atoms with E-state index in [1.54, 1.807) is 24.5 Å². The van der Waals surface area contributed by atoms with Crippen molar-refractivity contribution in [3.05, 3.63) is 30.4 Å². The maximum Gasteiger partial charge on any atom is 0.249 e. The largest absolute Gasteiger partial charge is 0.342 e. The Morgan fingerprint density at radius 1 is 1.40 bits per heavy atom. The first-order valence-corrected chi connectivity index (χ1v) is 9.09. The first kappa shape index (κ1) is 17.4. The number of hydrogen-bond donors (Lipinski definition) is 1. The van der Waals surface area contributed by atoms with Crippen LogP contribution in [-0.2, 0) is 9.59 Å². The maximum absolute atomic E-state index is 12.3. The van der Waals surface area contributed by atoms with Gasteiger partial charge < -0.3 is 14.7 Å². The molecule has 2 aromatic rings. The van der Waals surface area contributed by atoms with Gasteiger partial charge in [0.05, 0.1) is 11.6 Å². The van der Waals surface area contributed by atoms with E-state index in [4.69, 9.17) is 4.52 Å². The van der Waals surface area contributed by atoms with E-state index in [1.807, 2.05) is 13.8 Å². The molecule has 1 saturated heterocycles. The molecule has 0 aliphatic carbocycles. The van der Waals surface area contributed by atoms with Gasteiger partial charge >= 0.3 is 0 Å². The number of nitrogens with one attached hydrogen (secondary N) is 1. The van der Waals surface area contributed by atoms with E-state index in [0.717, 1.165) is 5.56 Å². The fourth-order valence-corrected chi connectivity index (χ4v) is 3.33. The summed E-state index contributed by atoms with van der Waals surface area (Å²) in [6.45, 7) is 3.95. The average Bonchev–Trinajstić information content (AvgIpc) is 3.23. The third-order valence-electron chi connectivity index (χ3n) is 3.79. The Balaban J connectivity index is 1.70. The van der Waals surface area contributed by atoms with E-state index in [0.29, 0.717) is 23.3 Å². The van der Waals surface area contributed by atoms with Gasteiger partial charge in [-0.15, -0.1) is 11.8 Å². The summed E-state index contributed by atoms with van der Waals surface area (Å²) in [6, 6.07) is 3.16. The van der Waals surface area contributed by atoms with Gasteiger partial charge in [-0.3, -0.25) is 14.6 Å². The second-order valence-electron chi connectivity index (χ2n) is 6.05. The summed E-state index contributed by atoms with van der Waals surface area (Å²) in [5.74, 6) is 1.57. The quantitative estimate of drug-likeness (QED) is 0.831. The molecule has 0 spiro atoms. The van der Waals surface area contributed by atoms with Crippen molar-refractivity contribution in [1.82, 2.24) is 25.3 Å². The Kier molecular flexibility index (Phi) is 5.32. The Bertz CT molecular complexity index is 749. The van der Waals surface area contributed by atoms with Crippen molar-refractivity contribution in [3.63, 3.8) is 0 Å². The molecule has 3 heterocycles. The zero-order valence-corrected chi connectivity index (χ0v) is 14.8. The van der Waals surface area contributed by atoms with Crippen LogP contribution in [0.4, 0.5) is 0 Å². The highest BCUT2D eigenvalue weighted by Gasteiger charge is 2.28. The van der Waals surface area contributed by atoms with E-state index in [2.05, 4.69) is 20.4 Å². The van der Waals surface area contributed by atoms with Crippen molar-refractivity contribution in [1.29, 1.82) is 0 Å². The van der Waals surface area contributed by atoms with Crippen molar-refractivity contribution in [2.45, 2.75) is 19.9 Å². The van der Waals surface area contributed by atoms with Gasteiger partial charge in [0, 0.05) is 18.0 Å². The van der Waals surface area contributed by atoms with Crippen LogP contribution in [0.25, 0.3) is 11.4 Å². The molecule has 8 nitrogen and oxygen atoms in total. The fourth-order valence-electron chi connectivity index (χ4n) is 2.43. The lowest BCUT2D eigenvalue weighted by Crippen LogP contribution is -2.41. The molecule has 1 aliphatic heterocycles. The Morgan fingerprint density at radius 2 is 2.16 bits per heavy atom. The normalized spacial score (nSPS) is 15.6. The predicted molar refractivity (Wildman–Crippen MR) is 92.3 cm³/mol. The third kappa shape index (κ3) is 4.16. The molecule has 3 rings (SSSR count). The van der Waals surface area contributed by atoms with Crippen molar-refractivity contribution < 1.29 is 14.1 Å².